The maximum atomic E-state index is 5.50. The molecule has 2 saturated carbocycles. The molecule has 0 aromatic rings. The Kier molecular flexibility index (Phi) is 3.56. The van der Waals surface area contributed by atoms with Crippen molar-refractivity contribution < 1.29 is 3.07 Å². The van der Waals surface area contributed by atoms with E-state index in [-0.39, 0.29) is 0 Å². The number of hydrogen-bond donors (Lipinski definition) is 0. The zero-order chi connectivity index (χ0) is 15.5. The predicted molar refractivity (Wildman–Crippen MR) is 99.4 cm³/mol. The summed E-state index contributed by atoms with van der Waals surface area (Å²) < 4.78 is 5.50. The first-order chi connectivity index (χ1) is 10.5. The third-order valence-corrected chi connectivity index (χ3v) is 8.35. The summed E-state index contributed by atoms with van der Waals surface area (Å²) in [7, 11) is 0. The molecule has 0 bridgehead atoms. The molecule has 4 aliphatic carbocycles. The Morgan fingerprint density at radius 3 is 2.68 bits per heavy atom. The highest BCUT2D eigenvalue weighted by Crippen LogP contribution is 2.65. The molecule has 2 fully saturated rings. The van der Waals surface area contributed by atoms with Gasteiger partial charge in [0.05, 0.1) is 0 Å². The van der Waals surface area contributed by atoms with Gasteiger partial charge in [0.15, 0.2) is 23.0 Å². The summed E-state index contributed by atoms with van der Waals surface area (Å²) in [5, 5.41) is 0. The molecule has 4 rings (SSSR count). The van der Waals surface area contributed by atoms with E-state index in [2.05, 4.69) is 32.6 Å². The van der Waals surface area contributed by atoms with Crippen molar-refractivity contribution in [1.82, 2.24) is 0 Å². The maximum absolute atomic E-state index is 5.50. The van der Waals surface area contributed by atoms with Crippen LogP contribution in [0, 0.1) is 28.6 Å². The van der Waals surface area contributed by atoms with Gasteiger partial charge in [0.2, 0.25) is 0 Å². The lowest BCUT2D eigenvalue weighted by Gasteiger charge is -2.56. The fourth-order valence-corrected chi connectivity index (χ4v) is 6.61. The average Bonchev–Trinajstić information content (AvgIpc) is 2.82. The first kappa shape index (κ1) is 15.3. The largest absolute Gasteiger partial charge is 0.432 e. The van der Waals surface area contributed by atoms with Crippen LogP contribution in [0.5, 0.6) is 0 Å². The lowest BCUT2D eigenvalue weighted by atomic mass is 9.48. The molecule has 0 heterocycles. The maximum Gasteiger partial charge on any atom is 0.192 e. The van der Waals surface area contributed by atoms with Gasteiger partial charge in [-0.1, -0.05) is 32.1 Å². The minimum absolute atomic E-state index is 0.382. The van der Waals surface area contributed by atoms with E-state index in [0.717, 1.165) is 29.9 Å². The second-order valence-corrected chi connectivity index (χ2v) is 8.92. The molecule has 120 valence electrons. The molecule has 0 spiro atoms. The number of halogens is 1. The summed E-state index contributed by atoms with van der Waals surface area (Å²) in [4.78, 5) is 0. The van der Waals surface area contributed by atoms with Crippen LogP contribution in [-0.2, 0) is 3.07 Å². The molecule has 0 N–H and O–H groups in total. The van der Waals surface area contributed by atoms with Crippen molar-refractivity contribution in [2.45, 2.75) is 58.8 Å². The third-order valence-electron chi connectivity index (χ3n) is 7.79. The molecule has 0 aromatic heterocycles. The fraction of sp³-hybridized carbons (Fsp3) is 0.700. The summed E-state index contributed by atoms with van der Waals surface area (Å²) in [5.41, 5.74) is 3.92. The van der Waals surface area contributed by atoms with Gasteiger partial charge in [0.1, 0.15) is 5.76 Å². The van der Waals surface area contributed by atoms with Crippen LogP contribution in [0.4, 0.5) is 0 Å². The zero-order valence-corrected chi connectivity index (χ0v) is 16.0. The Bertz CT molecular complexity index is 574. The van der Waals surface area contributed by atoms with Crippen molar-refractivity contribution in [2.24, 2.45) is 28.6 Å². The Morgan fingerprint density at radius 2 is 1.91 bits per heavy atom. The molecule has 22 heavy (non-hydrogen) atoms. The first-order valence-corrected chi connectivity index (χ1v) is 9.75. The number of rotatable bonds is 1. The SMILES string of the molecule is C=C1CCC2C3CC=C4C=C(OI)CCC4(C)C3CCC12C. The molecule has 0 radical (unpaired) electrons. The fourth-order valence-electron chi connectivity index (χ4n) is 6.27. The van der Waals surface area contributed by atoms with Crippen LogP contribution in [-0.4, -0.2) is 0 Å². The predicted octanol–water partition coefficient (Wildman–Crippen LogP) is 6.37. The van der Waals surface area contributed by atoms with E-state index in [9.17, 15) is 0 Å². The van der Waals surface area contributed by atoms with E-state index in [4.69, 9.17) is 3.07 Å². The summed E-state index contributed by atoms with van der Waals surface area (Å²) in [6.07, 6.45) is 13.9. The Hall–Kier alpha value is -0.250. The molecule has 0 saturated heterocycles. The molecule has 0 amide bonds. The van der Waals surface area contributed by atoms with E-state index in [0.29, 0.717) is 10.8 Å². The van der Waals surface area contributed by atoms with Crippen LogP contribution >= 0.6 is 23.0 Å². The topological polar surface area (TPSA) is 9.23 Å². The Morgan fingerprint density at radius 1 is 1.14 bits per heavy atom. The second-order valence-electron chi connectivity index (χ2n) is 8.48. The highest BCUT2D eigenvalue weighted by molar-refractivity contribution is 14.1. The first-order valence-electron chi connectivity index (χ1n) is 8.87. The van der Waals surface area contributed by atoms with Crippen molar-refractivity contribution in [3.05, 3.63) is 35.6 Å². The van der Waals surface area contributed by atoms with E-state index in [1.807, 2.05) is 23.0 Å². The van der Waals surface area contributed by atoms with Crippen LogP contribution in [0.2, 0.25) is 0 Å². The van der Waals surface area contributed by atoms with Crippen LogP contribution < -0.4 is 0 Å². The van der Waals surface area contributed by atoms with Gasteiger partial charge in [-0.3, -0.25) is 0 Å². The summed E-state index contributed by atoms with van der Waals surface area (Å²) in [6, 6.07) is 0. The van der Waals surface area contributed by atoms with Gasteiger partial charge in [0, 0.05) is 6.42 Å². The Balaban J connectivity index is 1.71. The lowest BCUT2D eigenvalue weighted by molar-refractivity contribution is -0.00707. The molecular formula is C20H27IO. The van der Waals surface area contributed by atoms with Crippen LogP contribution in [0.25, 0.3) is 0 Å². The molecule has 1 nitrogen and oxygen atoms in total. The number of fused-ring (bicyclic) bond motifs is 5. The van der Waals surface area contributed by atoms with Crippen molar-refractivity contribution in [1.29, 1.82) is 0 Å². The van der Waals surface area contributed by atoms with E-state index >= 15 is 0 Å². The minimum Gasteiger partial charge on any atom is -0.432 e. The van der Waals surface area contributed by atoms with Crippen molar-refractivity contribution in [3.8, 4) is 0 Å². The summed E-state index contributed by atoms with van der Waals surface area (Å²) in [5.74, 6) is 3.78. The smallest absolute Gasteiger partial charge is 0.192 e. The summed E-state index contributed by atoms with van der Waals surface area (Å²) in [6.45, 7) is 9.46. The van der Waals surface area contributed by atoms with E-state index in [1.165, 1.54) is 38.5 Å². The van der Waals surface area contributed by atoms with Crippen molar-refractivity contribution in [3.63, 3.8) is 0 Å². The standard InChI is InChI=1S/C20H27IO/c1-13-4-7-17-16-6-5-14-12-15(22-21)8-10-20(14,3)18(16)9-11-19(13,17)2/h5,12,16-18H,1,4,6-11H2,2-3H3. The van der Waals surface area contributed by atoms with Crippen LogP contribution in [0.3, 0.4) is 0 Å². The van der Waals surface area contributed by atoms with Gasteiger partial charge in [-0.25, -0.2) is 0 Å². The third kappa shape index (κ3) is 1.94. The van der Waals surface area contributed by atoms with E-state index in [1.54, 1.807) is 11.1 Å². The number of allylic oxidation sites excluding steroid dienone is 5. The minimum atomic E-state index is 0.382. The molecular weight excluding hydrogens is 383 g/mol. The summed E-state index contributed by atoms with van der Waals surface area (Å²) >= 11 is 2.03. The normalized spacial score (nSPS) is 47.0. The second kappa shape index (κ2) is 5.12. The van der Waals surface area contributed by atoms with Crippen LogP contribution in [0.1, 0.15) is 58.8 Å². The molecule has 2 heteroatoms. The van der Waals surface area contributed by atoms with Gasteiger partial charge in [-0.2, -0.15) is 0 Å². The molecule has 5 atom stereocenters. The van der Waals surface area contributed by atoms with Gasteiger partial charge < -0.3 is 3.07 Å². The molecule has 0 aromatic carbocycles. The van der Waals surface area contributed by atoms with Crippen molar-refractivity contribution in [2.75, 3.05) is 0 Å². The average molecular weight is 410 g/mol. The highest BCUT2D eigenvalue weighted by atomic mass is 127. The van der Waals surface area contributed by atoms with Gasteiger partial charge >= 0.3 is 0 Å². The quantitative estimate of drug-likeness (QED) is 0.361. The lowest BCUT2D eigenvalue weighted by Crippen LogP contribution is -2.48. The molecule has 0 aliphatic heterocycles. The van der Waals surface area contributed by atoms with Gasteiger partial charge in [-0.15, -0.1) is 0 Å². The monoisotopic (exact) mass is 410 g/mol. The van der Waals surface area contributed by atoms with Crippen molar-refractivity contribution >= 4 is 23.0 Å². The van der Waals surface area contributed by atoms with Gasteiger partial charge in [0.25, 0.3) is 0 Å². The Labute approximate surface area is 149 Å². The van der Waals surface area contributed by atoms with E-state index < -0.39 is 0 Å². The molecule has 5 unspecified atom stereocenters. The van der Waals surface area contributed by atoms with Gasteiger partial charge in [-0.05, 0) is 78.8 Å². The zero-order valence-electron chi connectivity index (χ0n) is 13.8. The highest BCUT2D eigenvalue weighted by Gasteiger charge is 2.56. The van der Waals surface area contributed by atoms with Crippen LogP contribution in [0.15, 0.2) is 35.6 Å². The number of hydrogen-bond acceptors (Lipinski definition) is 1. The molecule has 4 aliphatic rings.